The summed E-state index contributed by atoms with van der Waals surface area (Å²) in [5.41, 5.74) is -0.861. The Hall–Kier alpha value is -1.79. The maximum Gasteiger partial charge on any atom is 0.366 e. The van der Waals surface area contributed by atoms with Crippen LogP contribution in [-0.4, -0.2) is 85.8 Å². The van der Waals surface area contributed by atoms with Gasteiger partial charge in [-0.15, -0.1) is 0 Å². The number of esters is 2. The fourth-order valence-corrected chi connectivity index (χ4v) is 3.66. The van der Waals surface area contributed by atoms with Gasteiger partial charge in [0.1, 0.15) is 24.4 Å². The number of carbonyl (C=O) groups is 3. The van der Waals surface area contributed by atoms with Crippen molar-refractivity contribution < 1.29 is 47.9 Å². The van der Waals surface area contributed by atoms with Gasteiger partial charge in [0.05, 0.1) is 31.6 Å². The van der Waals surface area contributed by atoms with E-state index in [2.05, 4.69) is 5.32 Å². The van der Waals surface area contributed by atoms with Gasteiger partial charge in [0.25, 0.3) is 5.79 Å². The van der Waals surface area contributed by atoms with E-state index in [-0.39, 0.29) is 13.0 Å². The van der Waals surface area contributed by atoms with Gasteiger partial charge in [0, 0.05) is 14.0 Å². The molecule has 0 aromatic rings. The van der Waals surface area contributed by atoms with Crippen LogP contribution in [0.2, 0.25) is 0 Å². The lowest BCUT2D eigenvalue weighted by atomic mass is 9.87. The molecule has 2 fully saturated rings. The van der Waals surface area contributed by atoms with E-state index in [0.717, 1.165) is 7.11 Å². The van der Waals surface area contributed by atoms with E-state index in [9.17, 15) is 19.5 Å². The number of nitrogens with one attached hydrogen (secondary N) is 1. The van der Waals surface area contributed by atoms with Gasteiger partial charge in [-0.25, -0.2) is 4.79 Å². The number of aliphatic hydroxyl groups excluding tert-OH is 1. The van der Waals surface area contributed by atoms with Gasteiger partial charge in [-0.1, -0.05) is 0 Å². The summed E-state index contributed by atoms with van der Waals surface area (Å²) in [5.74, 6) is -4.81. The minimum absolute atomic E-state index is 0.0471. The second kappa shape index (κ2) is 9.60. The van der Waals surface area contributed by atoms with Gasteiger partial charge < -0.3 is 38.8 Å². The Morgan fingerprint density at radius 3 is 2.22 bits per heavy atom. The van der Waals surface area contributed by atoms with Crippen LogP contribution in [0, 0.1) is 5.41 Å². The molecule has 2 rings (SSSR count). The number of ether oxygens (including phenoxy) is 6. The molecule has 11 nitrogen and oxygen atoms in total. The zero-order valence-corrected chi connectivity index (χ0v) is 19.9. The molecule has 0 aromatic carbocycles. The molecule has 32 heavy (non-hydrogen) atoms. The highest BCUT2D eigenvalue weighted by molar-refractivity contribution is 5.79. The van der Waals surface area contributed by atoms with Gasteiger partial charge in [-0.2, -0.15) is 0 Å². The number of amides is 1. The number of carbonyl (C=O) groups excluding carboxylic acids is 3. The highest BCUT2D eigenvalue weighted by Gasteiger charge is 2.58. The van der Waals surface area contributed by atoms with Crippen LogP contribution in [0.5, 0.6) is 0 Å². The van der Waals surface area contributed by atoms with E-state index in [1.807, 2.05) is 0 Å². The molecule has 11 heteroatoms. The minimum Gasteiger partial charge on any atom is -0.465 e. The highest BCUT2D eigenvalue weighted by atomic mass is 16.8. The SMILES string of the molecule is COC(=O)[C@]1(OC)C[C@H](OC(=O)C(C)(C)C)[C@@H](NC(C)=O)[C@H]([C@H](O)[C@H]2COC(C)(C)O2)O1. The molecule has 0 unspecified atom stereocenters. The predicted molar refractivity (Wildman–Crippen MR) is 109 cm³/mol. The maximum absolute atomic E-state index is 12.7. The molecule has 0 saturated carbocycles. The average Bonchev–Trinajstić information content (AvgIpc) is 3.06. The minimum atomic E-state index is -1.98. The summed E-state index contributed by atoms with van der Waals surface area (Å²) in [7, 11) is 2.39. The van der Waals surface area contributed by atoms with Gasteiger partial charge in [0.2, 0.25) is 5.91 Å². The lowest BCUT2D eigenvalue weighted by molar-refractivity contribution is -0.307. The van der Waals surface area contributed by atoms with Gasteiger partial charge in [-0.05, 0) is 34.6 Å². The maximum atomic E-state index is 12.7. The van der Waals surface area contributed by atoms with Crippen LogP contribution in [0.1, 0.15) is 48.0 Å². The number of methoxy groups -OCH3 is 2. The molecule has 1 amide bonds. The predicted octanol–water partition coefficient (Wildman–Crippen LogP) is 0.266. The number of hydrogen-bond acceptors (Lipinski definition) is 10. The molecule has 0 bridgehead atoms. The van der Waals surface area contributed by atoms with Gasteiger partial charge in [0.15, 0.2) is 5.79 Å². The van der Waals surface area contributed by atoms with Crippen LogP contribution in [0.15, 0.2) is 0 Å². The van der Waals surface area contributed by atoms with E-state index in [1.165, 1.54) is 14.0 Å². The molecule has 184 valence electrons. The molecule has 2 aliphatic rings. The topological polar surface area (TPSA) is 139 Å². The Labute approximate surface area is 188 Å². The Morgan fingerprint density at radius 2 is 1.78 bits per heavy atom. The summed E-state index contributed by atoms with van der Waals surface area (Å²) in [6.45, 7) is 9.72. The summed E-state index contributed by atoms with van der Waals surface area (Å²) in [4.78, 5) is 37.3. The van der Waals surface area contributed by atoms with Crippen LogP contribution in [0.4, 0.5) is 0 Å². The summed E-state index contributed by atoms with van der Waals surface area (Å²) >= 11 is 0. The fraction of sp³-hybridized carbons (Fsp3) is 0.857. The Balaban J connectivity index is 2.48. The first-order valence-electron chi connectivity index (χ1n) is 10.4. The van der Waals surface area contributed by atoms with Crippen molar-refractivity contribution in [3.05, 3.63) is 0 Å². The number of rotatable bonds is 6. The Kier molecular flexibility index (Phi) is 7.94. The van der Waals surface area contributed by atoms with Crippen LogP contribution in [0.25, 0.3) is 0 Å². The van der Waals surface area contributed by atoms with Crippen LogP contribution in [0.3, 0.4) is 0 Å². The second-order valence-corrected chi connectivity index (χ2v) is 9.51. The van der Waals surface area contributed by atoms with E-state index in [1.54, 1.807) is 34.6 Å². The first kappa shape index (κ1) is 26.5. The third-order valence-electron chi connectivity index (χ3n) is 5.37. The molecule has 2 N–H and O–H groups in total. The summed E-state index contributed by atoms with van der Waals surface area (Å²) in [6.07, 6.45) is -4.81. The normalized spacial score (nSPS) is 33.3. The molecule has 0 aromatic heterocycles. The summed E-state index contributed by atoms with van der Waals surface area (Å²) in [6, 6.07) is -1.01. The van der Waals surface area contributed by atoms with Crippen LogP contribution >= 0.6 is 0 Å². The second-order valence-electron chi connectivity index (χ2n) is 9.51. The van der Waals surface area contributed by atoms with Crippen molar-refractivity contribution in [2.75, 3.05) is 20.8 Å². The van der Waals surface area contributed by atoms with Crippen molar-refractivity contribution in [3.63, 3.8) is 0 Å². The highest BCUT2D eigenvalue weighted by Crippen LogP contribution is 2.37. The molecular formula is C21H35NO10. The first-order chi connectivity index (χ1) is 14.7. The number of aliphatic hydroxyl groups is 1. The zero-order chi connectivity index (χ0) is 24.5. The Morgan fingerprint density at radius 1 is 1.16 bits per heavy atom. The zero-order valence-electron chi connectivity index (χ0n) is 19.9. The molecular weight excluding hydrogens is 426 g/mol. The molecule has 2 aliphatic heterocycles. The van der Waals surface area contributed by atoms with E-state index in [4.69, 9.17) is 28.4 Å². The van der Waals surface area contributed by atoms with Gasteiger partial charge in [-0.3, -0.25) is 9.59 Å². The van der Waals surface area contributed by atoms with E-state index >= 15 is 0 Å². The molecule has 0 spiro atoms. The van der Waals surface area contributed by atoms with E-state index in [0.29, 0.717) is 0 Å². The monoisotopic (exact) mass is 461 g/mol. The summed E-state index contributed by atoms with van der Waals surface area (Å²) in [5, 5.41) is 13.8. The van der Waals surface area contributed by atoms with E-state index < -0.39 is 65.3 Å². The standard InChI is InChI=1S/C21H35NO10/c1-11(23)22-14-12(30-17(25)19(2,3)4)9-21(28-8,18(26)27-7)32-16(14)15(24)13-10-29-20(5,6)31-13/h12-16,24H,9-10H2,1-8H3,(H,22,23)/t12-,13+,14+,15+,16+,21-/m0/s1. The quantitative estimate of drug-likeness (QED) is 0.530. The average molecular weight is 462 g/mol. The largest absolute Gasteiger partial charge is 0.465 e. The first-order valence-corrected chi connectivity index (χ1v) is 10.4. The Bertz CT molecular complexity index is 718. The molecule has 2 heterocycles. The third-order valence-corrected chi connectivity index (χ3v) is 5.37. The van der Waals surface area contributed by atoms with Crippen LogP contribution < -0.4 is 5.32 Å². The lowest BCUT2D eigenvalue weighted by Crippen LogP contribution is -2.68. The van der Waals surface area contributed by atoms with Crippen molar-refractivity contribution >= 4 is 17.8 Å². The molecule has 0 radical (unpaired) electrons. The molecule has 0 aliphatic carbocycles. The number of hydrogen-bond donors (Lipinski definition) is 2. The van der Waals surface area contributed by atoms with Crippen molar-refractivity contribution in [2.45, 2.75) is 90.0 Å². The molecule has 6 atom stereocenters. The van der Waals surface area contributed by atoms with Crippen molar-refractivity contribution in [3.8, 4) is 0 Å². The van der Waals surface area contributed by atoms with Gasteiger partial charge >= 0.3 is 11.9 Å². The third kappa shape index (κ3) is 5.76. The smallest absolute Gasteiger partial charge is 0.366 e. The summed E-state index contributed by atoms with van der Waals surface area (Å²) < 4.78 is 33.2. The molecule has 2 saturated heterocycles. The van der Waals surface area contributed by atoms with Crippen LogP contribution in [-0.2, 0) is 42.8 Å². The fourth-order valence-electron chi connectivity index (χ4n) is 3.66. The van der Waals surface area contributed by atoms with Crippen molar-refractivity contribution in [2.24, 2.45) is 5.41 Å². The van der Waals surface area contributed by atoms with Crippen molar-refractivity contribution in [1.29, 1.82) is 0 Å². The lowest BCUT2D eigenvalue weighted by Gasteiger charge is -2.47. The van der Waals surface area contributed by atoms with Crippen molar-refractivity contribution in [1.82, 2.24) is 5.32 Å².